The summed E-state index contributed by atoms with van der Waals surface area (Å²) in [6.07, 6.45) is 4.17. The summed E-state index contributed by atoms with van der Waals surface area (Å²) in [6, 6.07) is 3.96. The molecule has 1 aliphatic rings. The van der Waals surface area contributed by atoms with Crippen LogP contribution < -0.4 is 5.32 Å². The molecule has 1 unspecified atom stereocenters. The van der Waals surface area contributed by atoms with E-state index in [0.29, 0.717) is 12.2 Å². The minimum absolute atomic E-state index is 0.0106. The number of carbonyl (C=O) groups excluding carboxylic acids is 1. The van der Waals surface area contributed by atoms with Gasteiger partial charge in [-0.15, -0.1) is 0 Å². The molecule has 0 bridgehead atoms. The van der Waals surface area contributed by atoms with Crippen LogP contribution in [0.2, 0.25) is 0 Å². The average molecular weight is 341 g/mol. The minimum Gasteiger partial charge on any atom is -0.483 e. The van der Waals surface area contributed by atoms with Gasteiger partial charge in [0.25, 0.3) is 6.47 Å². The number of nitrogens with zero attached hydrogens (tertiary/aromatic N) is 3. The number of aromatic nitrogens is 4. The molecule has 0 saturated heterocycles. The number of fused-ring (bicyclic) bond motifs is 2. The molecule has 0 aliphatic carbocycles. The van der Waals surface area contributed by atoms with Gasteiger partial charge in [0, 0.05) is 47.9 Å². The predicted molar refractivity (Wildman–Crippen MR) is 92.5 cm³/mol. The summed E-state index contributed by atoms with van der Waals surface area (Å²) >= 11 is 0. The predicted octanol–water partition coefficient (Wildman–Crippen LogP) is 2.26. The van der Waals surface area contributed by atoms with E-state index in [1.807, 2.05) is 23.0 Å². The minimum atomic E-state index is -0.250. The van der Waals surface area contributed by atoms with Crippen molar-refractivity contribution in [3.63, 3.8) is 0 Å². The maximum Gasteiger partial charge on any atom is 0.290 e. The van der Waals surface area contributed by atoms with Crippen LogP contribution in [0.3, 0.4) is 0 Å². The van der Waals surface area contributed by atoms with E-state index in [9.17, 15) is 4.79 Å². The molecule has 4 rings (SSSR count). The first-order valence-corrected chi connectivity index (χ1v) is 7.97. The third-order valence-electron chi connectivity index (χ3n) is 4.41. The molecule has 1 amide bonds. The van der Waals surface area contributed by atoms with Crippen LogP contribution in [0.15, 0.2) is 24.5 Å². The summed E-state index contributed by atoms with van der Waals surface area (Å²) < 4.78 is 1.94. The van der Waals surface area contributed by atoms with Gasteiger partial charge in [0.15, 0.2) is 5.82 Å². The highest BCUT2D eigenvalue weighted by Crippen LogP contribution is 2.40. The van der Waals surface area contributed by atoms with E-state index < -0.39 is 0 Å². The van der Waals surface area contributed by atoms with Crippen molar-refractivity contribution in [2.75, 3.05) is 5.32 Å². The SMILES string of the molecule is CCn1nc2c(c1C)C(c1c[nH]c3ncccc13)CC(=O)N2.O=CO. The highest BCUT2D eigenvalue weighted by Gasteiger charge is 2.33. The molecule has 0 saturated carbocycles. The van der Waals surface area contributed by atoms with E-state index >= 15 is 0 Å². The normalized spacial score (nSPS) is 15.9. The van der Waals surface area contributed by atoms with Gasteiger partial charge in [-0.05, 0) is 31.5 Å². The highest BCUT2D eigenvalue weighted by molar-refractivity contribution is 5.95. The van der Waals surface area contributed by atoms with Crippen LogP contribution >= 0.6 is 0 Å². The van der Waals surface area contributed by atoms with Crippen LogP contribution in [0.5, 0.6) is 0 Å². The van der Waals surface area contributed by atoms with Gasteiger partial charge in [-0.25, -0.2) is 4.98 Å². The van der Waals surface area contributed by atoms with Gasteiger partial charge in [-0.1, -0.05) is 0 Å². The molecule has 1 aliphatic heterocycles. The molecule has 8 heteroatoms. The molecule has 3 aromatic rings. The van der Waals surface area contributed by atoms with Gasteiger partial charge < -0.3 is 15.4 Å². The topological polar surface area (TPSA) is 113 Å². The quantitative estimate of drug-likeness (QED) is 0.619. The number of amides is 1. The summed E-state index contributed by atoms with van der Waals surface area (Å²) in [5.74, 6) is 0.720. The maximum absolute atomic E-state index is 12.1. The summed E-state index contributed by atoms with van der Waals surface area (Å²) in [5.41, 5.74) is 4.19. The Morgan fingerprint density at radius 2 is 2.24 bits per heavy atom. The molecule has 1 atom stereocenters. The van der Waals surface area contributed by atoms with Crippen LogP contribution in [-0.4, -0.2) is 37.2 Å². The van der Waals surface area contributed by atoms with E-state index in [1.54, 1.807) is 6.20 Å². The molecule has 3 N–H and O–H groups in total. The first-order chi connectivity index (χ1) is 12.1. The fraction of sp³-hybridized carbons (Fsp3) is 0.294. The molecule has 25 heavy (non-hydrogen) atoms. The van der Waals surface area contributed by atoms with Gasteiger partial charge in [-0.3, -0.25) is 14.3 Å². The van der Waals surface area contributed by atoms with Gasteiger partial charge in [-0.2, -0.15) is 5.10 Å². The number of hydrogen-bond acceptors (Lipinski definition) is 4. The van der Waals surface area contributed by atoms with Crippen molar-refractivity contribution in [1.29, 1.82) is 0 Å². The Labute approximate surface area is 143 Å². The van der Waals surface area contributed by atoms with Crippen molar-refractivity contribution >= 4 is 29.2 Å². The van der Waals surface area contributed by atoms with E-state index in [2.05, 4.69) is 34.2 Å². The standard InChI is InChI=1S/C16H17N5O.CH2O2/c1-3-21-9(2)14-11(7-13(22)19-16(14)20-21)12-8-18-15-10(12)5-4-6-17-15;2-1-3/h4-6,8,11H,3,7H2,1-2H3,(H,17,18)(H,19,20,22);1H,(H,2,3). The van der Waals surface area contributed by atoms with E-state index in [0.717, 1.165) is 34.4 Å². The Kier molecular flexibility index (Phi) is 4.51. The number of rotatable bonds is 2. The molecule has 4 heterocycles. The van der Waals surface area contributed by atoms with Gasteiger partial charge in [0.1, 0.15) is 5.65 Å². The van der Waals surface area contributed by atoms with E-state index in [-0.39, 0.29) is 18.3 Å². The summed E-state index contributed by atoms with van der Waals surface area (Å²) in [6.45, 7) is 4.65. The number of carbonyl (C=O) groups is 2. The third kappa shape index (κ3) is 2.86. The van der Waals surface area contributed by atoms with Gasteiger partial charge >= 0.3 is 0 Å². The van der Waals surface area contributed by atoms with Gasteiger partial charge in [0.2, 0.25) is 5.91 Å². The van der Waals surface area contributed by atoms with Crippen LogP contribution in [0, 0.1) is 6.92 Å². The number of anilines is 1. The fourth-order valence-corrected chi connectivity index (χ4v) is 3.38. The Morgan fingerprint density at radius 3 is 2.96 bits per heavy atom. The molecule has 3 aromatic heterocycles. The molecule has 0 aromatic carbocycles. The van der Waals surface area contributed by atoms with Crippen LogP contribution in [0.4, 0.5) is 5.82 Å². The second kappa shape index (κ2) is 6.76. The van der Waals surface area contributed by atoms with E-state index in [4.69, 9.17) is 9.90 Å². The van der Waals surface area contributed by atoms with Crippen LogP contribution in [0.25, 0.3) is 11.0 Å². The highest BCUT2D eigenvalue weighted by atomic mass is 16.3. The summed E-state index contributed by atoms with van der Waals surface area (Å²) in [5, 5.41) is 15.4. The van der Waals surface area contributed by atoms with Crippen molar-refractivity contribution in [3.05, 3.63) is 41.3 Å². The van der Waals surface area contributed by atoms with Crippen LogP contribution in [0.1, 0.15) is 36.1 Å². The largest absolute Gasteiger partial charge is 0.483 e. The number of carboxylic acid groups (broad SMARTS) is 1. The lowest BCUT2D eigenvalue weighted by molar-refractivity contribution is -0.123. The fourth-order valence-electron chi connectivity index (χ4n) is 3.38. The van der Waals surface area contributed by atoms with E-state index in [1.165, 1.54) is 0 Å². The van der Waals surface area contributed by atoms with Crippen molar-refractivity contribution in [1.82, 2.24) is 19.7 Å². The van der Waals surface area contributed by atoms with Crippen LogP contribution in [-0.2, 0) is 16.1 Å². The zero-order chi connectivity index (χ0) is 18.0. The number of aryl methyl sites for hydroxylation is 1. The first-order valence-electron chi connectivity index (χ1n) is 7.97. The number of H-pyrrole nitrogens is 1. The molecule has 0 spiro atoms. The lowest BCUT2D eigenvalue weighted by Gasteiger charge is -2.22. The van der Waals surface area contributed by atoms with Crippen molar-refractivity contribution in [2.45, 2.75) is 32.7 Å². The van der Waals surface area contributed by atoms with Crippen molar-refractivity contribution in [2.24, 2.45) is 0 Å². The third-order valence-corrected chi connectivity index (χ3v) is 4.41. The Hall–Kier alpha value is -3.16. The lowest BCUT2D eigenvalue weighted by atomic mass is 9.86. The van der Waals surface area contributed by atoms with Crippen molar-refractivity contribution < 1.29 is 14.7 Å². The molecule has 8 nitrogen and oxygen atoms in total. The number of aromatic amines is 1. The Bertz CT molecular complexity index is 928. The molecular formula is C17H19N5O3. The molecular weight excluding hydrogens is 322 g/mol. The zero-order valence-electron chi connectivity index (χ0n) is 14.0. The maximum atomic E-state index is 12.1. The Balaban J connectivity index is 0.000000569. The molecule has 130 valence electrons. The molecule has 0 fully saturated rings. The number of pyridine rings is 1. The molecule has 0 radical (unpaired) electrons. The second-order valence-electron chi connectivity index (χ2n) is 5.72. The first kappa shape index (κ1) is 16.7. The smallest absolute Gasteiger partial charge is 0.290 e. The number of hydrogen-bond donors (Lipinski definition) is 3. The number of nitrogens with one attached hydrogen (secondary N) is 2. The lowest BCUT2D eigenvalue weighted by Crippen LogP contribution is -2.23. The summed E-state index contributed by atoms with van der Waals surface area (Å²) in [4.78, 5) is 28.0. The monoisotopic (exact) mass is 341 g/mol. The van der Waals surface area contributed by atoms with Crippen molar-refractivity contribution in [3.8, 4) is 0 Å². The summed E-state index contributed by atoms with van der Waals surface area (Å²) in [7, 11) is 0. The zero-order valence-corrected chi connectivity index (χ0v) is 14.0. The second-order valence-corrected chi connectivity index (χ2v) is 5.72. The average Bonchev–Trinajstić information content (AvgIpc) is 3.16. The van der Waals surface area contributed by atoms with Gasteiger partial charge in [0.05, 0.1) is 0 Å². The Morgan fingerprint density at radius 1 is 1.48 bits per heavy atom.